The number of hydrogen-bond acceptors (Lipinski definition) is 5. The molecule has 0 aliphatic carbocycles. The Morgan fingerprint density at radius 2 is 1.75 bits per heavy atom. The molecule has 1 aromatic rings. The maximum atomic E-state index is 12.6. The molecule has 1 aromatic carbocycles. The van der Waals surface area contributed by atoms with Gasteiger partial charge in [-0.25, -0.2) is 8.42 Å². The van der Waals surface area contributed by atoms with Crippen molar-refractivity contribution in [3.05, 3.63) is 23.2 Å². The lowest BCUT2D eigenvalue weighted by Crippen LogP contribution is -2.36. The molecule has 1 rings (SSSR count). The minimum atomic E-state index is -3.74. The van der Waals surface area contributed by atoms with Crippen LogP contribution >= 0.6 is 11.6 Å². The van der Waals surface area contributed by atoms with Gasteiger partial charge in [0, 0.05) is 33.0 Å². The van der Waals surface area contributed by atoms with Crippen molar-refractivity contribution in [1.29, 1.82) is 0 Å². The topological polar surface area (TPSA) is 81.9 Å². The standard InChI is InChI=1S/C12H19ClN2O4S/c1-18-7-5-15(6-8-19-2)20(16,17)12-9-10(14)3-4-11(12)13/h3-4,9H,5-8,14H2,1-2H3. The van der Waals surface area contributed by atoms with Crippen LogP contribution in [0.3, 0.4) is 0 Å². The van der Waals surface area contributed by atoms with Gasteiger partial charge < -0.3 is 15.2 Å². The summed E-state index contributed by atoms with van der Waals surface area (Å²) in [4.78, 5) is -0.00799. The predicted molar refractivity (Wildman–Crippen MR) is 78.4 cm³/mol. The monoisotopic (exact) mass is 322 g/mol. The van der Waals surface area contributed by atoms with E-state index in [1.165, 1.54) is 30.7 Å². The first-order valence-electron chi connectivity index (χ1n) is 5.96. The molecule has 114 valence electrons. The van der Waals surface area contributed by atoms with E-state index in [9.17, 15) is 8.42 Å². The second-order valence-electron chi connectivity index (χ2n) is 4.08. The number of methoxy groups -OCH3 is 2. The summed E-state index contributed by atoms with van der Waals surface area (Å²) in [5.74, 6) is 0. The second kappa shape index (κ2) is 7.80. The third-order valence-corrected chi connectivity index (χ3v) is 5.04. The van der Waals surface area contributed by atoms with Crippen molar-refractivity contribution in [2.75, 3.05) is 46.3 Å². The van der Waals surface area contributed by atoms with Crippen LogP contribution < -0.4 is 5.73 Å². The molecule has 0 atom stereocenters. The van der Waals surface area contributed by atoms with Gasteiger partial charge in [0.15, 0.2) is 0 Å². The first kappa shape index (κ1) is 17.2. The van der Waals surface area contributed by atoms with Crippen LogP contribution in [-0.4, -0.2) is 53.2 Å². The third-order valence-electron chi connectivity index (χ3n) is 2.66. The number of sulfonamides is 1. The number of benzene rings is 1. The van der Waals surface area contributed by atoms with Gasteiger partial charge in [0.05, 0.1) is 18.2 Å². The summed E-state index contributed by atoms with van der Waals surface area (Å²) in [6.45, 7) is 0.992. The first-order chi connectivity index (χ1) is 9.43. The smallest absolute Gasteiger partial charge is 0.244 e. The summed E-state index contributed by atoms with van der Waals surface area (Å²) in [5, 5.41) is 0.138. The lowest BCUT2D eigenvalue weighted by Gasteiger charge is -2.22. The van der Waals surface area contributed by atoms with Gasteiger partial charge in [0.1, 0.15) is 4.90 Å². The van der Waals surface area contributed by atoms with Gasteiger partial charge in [-0.3, -0.25) is 0 Å². The zero-order valence-electron chi connectivity index (χ0n) is 11.5. The average molecular weight is 323 g/mol. The Morgan fingerprint density at radius 3 is 2.25 bits per heavy atom. The number of anilines is 1. The number of nitrogens with zero attached hydrogens (tertiary/aromatic N) is 1. The van der Waals surface area contributed by atoms with Crippen LogP contribution in [0.5, 0.6) is 0 Å². The van der Waals surface area contributed by atoms with Gasteiger partial charge in [-0.1, -0.05) is 11.6 Å². The van der Waals surface area contributed by atoms with Gasteiger partial charge in [-0.15, -0.1) is 0 Å². The Bertz CT molecular complexity index is 528. The maximum Gasteiger partial charge on any atom is 0.244 e. The van der Waals surface area contributed by atoms with Crippen molar-refractivity contribution in [2.45, 2.75) is 4.90 Å². The number of nitrogen functional groups attached to an aromatic ring is 1. The summed E-state index contributed by atoms with van der Waals surface area (Å²) in [6.07, 6.45) is 0. The van der Waals surface area contributed by atoms with E-state index in [4.69, 9.17) is 26.8 Å². The summed E-state index contributed by atoms with van der Waals surface area (Å²) in [5.41, 5.74) is 5.97. The molecule has 0 saturated carbocycles. The van der Waals surface area contributed by atoms with Crippen molar-refractivity contribution >= 4 is 27.3 Å². The quantitative estimate of drug-likeness (QED) is 0.727. The van der Waals surface area contributed by atoms with Crippen molar-refractivity contribution in [3.63, 3.8) is 0 Å². The first-order valence-corrected chi connectivity index (χ1v) is 7.78. The van der Waals surface area contributed by atoms with Crippen molar-refractivity contribution in [2.24, 2.45) is 0 Å². The van der Waals surface area contributed by atoms with Gasteiger partial charge in [-0.2, -0.15) is 4.31 Å². The Morgan fingerprint density at radius 1 is 1.20 bits per heavy atom. The summed E-state index contributed by atoms with van der Waals surface area (Å²) in [7, 11) is -0.720. The molecule has 0 fully saturated rings. The minimum Gasteiger partial charge on any atom is -0.399 e. The fourth-order valence-electron chi connectivity index (χ4n) is 1.60. The lowest BCUT2D eigenvalue weighted by molar-refractivity contribution is 0.150. The highest BCUT2D eigenvalue weighted by Crippen LogP contribution is 2.26. The number of halogens is 1. The molecule has 0 aromatic heterocycles. The molecule has 0 amide bonds. The highest BCUT2D eigenvalue weighted by atomic mass is 35.5. The van der Waals surface area contributed by atoms with Gasteiger partial charge in [-0.05, 0) is 18.2 Å². The SMILES string of the molecule is COCCN(CCOC)S(=O)(=O)c1cc(N)ccc1Cl. The van der Waals surface area contributed by atoms with E-state index in [2.05, 4.69) is 0 Å². The maximum absolute atomic E-state index is 12.6. The van der Waals surface area contributed by atoms with Crippen LogP contribution in [0, 0.1) is 0 Å². The van der Waals surface area contributed by atoms with Crippen LogP contribution in [0.15, 0.2) is 23.1 Å². The van der Waals surface area contributed by atoms with E-state index in [0.717, 1.165) is 0 Å². The fraction of sp³-hybridized carbons (Fsp3) is 0.500. The summed E-state index contributed by atoms with van der Waals surface area (Å²) >= 11 is 5.97. The Balaban J connectivity index is 3.10. The second-order valence-corrected chi connectivity index (χ2v) is 6.39. The van der Waals surface area contributed by atoms with Crippen molar-refractivity contribution in [3.8, 4) is 0 Å². The molecule has 8 heteroatoms. The number of rotatable bonds is 8. The van der Waals surface area contributed by atoms with E-state index >= 15 is 0 Å². The predicted octanol–water partition coefficient (Wildman–Crippen LogP) is 1.21. The van der Waals surface area contributed by atoms with Crippen LogP contribution in [0.2, 0.25) is 5.02 Å². The Kier molecular flexibility index (Phi) is 6.70. The zero-order chi connectivity index (χ0) is 15.2. The normalized spacial score (nSPS) is 12.0. The molecule has 2 N–H and O–H groups in total. The number of nitrogens with two attached hydrogens (primary N) is 1. The number of hydrogen-bond donors (Lipinski definition) is 1. The zero-order valence-corrected chi connectivity index (χ0v) is 13.1. The molecule has 0 spiro atoms. The van der Waals surface area contributed by atoms with E-state index in [1.54, 1.807) is 6.07 Å². The molecule has 0 bridgehead atoms. The van der Waals surface area contributed by atoms with Crippen LogP contribution in [0.25, 0.3) is 0 Å². The molecule has 20 heavy (non-hydrogen) atoms. The lowest BCUT2D eigenvalue weighted by atomic mass is 10.3. The Hall–Kier alpha value is -0.860. The molecule has 0 radical (unpaired) electrons. The van der Waals surface area contributed by atoms with E-state index in [1.807, 2.05) is 0 Å². The third kappa shape index (κ3) is 4.32. The van der Waals surface area contributed by atoms with Gasteiger partial charge in [0.2, 0.25) is 10.0 Å². The van der Waals surface area contributed by atoms with E-state index in [-0.39, 0.29) is 36.2 Å². The fourth-order valence-corrected chi connectivity index (χ4v) is 3.51. The van der Waals surface area contributed by atoms with Gasteiger partial charge >= 0.3 is 0 Å². The van der Waals surface area contributed by atoms with Crippen LogP contribution in [-0.2, 0) is 19.5 Å². The van der Waals surface area contributed by atoms with E-state index < -0.39 is 10.0 Å². The molecule has 0 saturated heterocycles. The largest absolute Gasteiger partial charge is 0.399 e. The Labute approximate surface area is 124 Å². The molecular formula is C12H19ClN2O4S. The van der Waals surface area contributed by atoms with Crippen LogP contribution in [0.4, 0.5) is 5.69 Å². The molecule has 0 aliphatic heterocycles. The highest BCUT2D eigenvalue weighted by molar-refractivity contribution is 7.89. The minimum absolute atomic E-state index is 0.00799. The summed E-state index contributed by atoms with van der Waals surface area (Å²) in [6, 6.07) is 4.37. The van der Waals surface area contributed by atoms with Crippen molar-refractivity contribution in [1.82, 2.24) is 4.31 Å². The molecule has 0 unspecified atom stereocenters. The highest BCUT2D eigenvalue weighted by Gasteiger charge is 2.26. The molecule has 0 aliphatic rings. The molecule has 6 nitrogen and oxygen atoms in total. The average Bonchev–Trinajstić information content (AvgIpc) is 2.41. The number of ether oxygens (including phenoxy) is 2. The molecule has 0 heterocycles. The van der Waals surface area contributed by atoms with E-state index in [0.29, 0.717) is 5.69 Å². The van der Waals surface area contributed by atoms with Gasteiger partial charge in [0.25, 0.3) is 0 Å². The molecular weight excluding hydrogens is 304 g/mol. The summed E-state index contributed by atoms with van der Waals surface area (Å²) < 4.78 is 36.3. The van der Waals surface area contributed by atoms with Crippen LogP contribution in [0.1, 0.15) is 0 Å². The van der Waals surface area contributed by atoms with Crippen molar-refractivity contribution < 1.29 is 17.9 Å².